The summed E-state index contributed by atoms with van der Waals surface area (Å²) in [5.74, 6) is 0. The summed E-state index contributed by atoms with van der Waals surface area (Å²) >= 11 is 1.56. The van der Waals surface area contributed by atoms with E-state index in [-0.39, 0.29) is 0 Å². The maximum Gasteiger partial charge on any atom is 0.180 e. The number of nitrogens with two attached hydrogens (primary N) is 1. The minimum absolute atomic E-state index is 0.663. The van der Waals surface area contributed by atoms with Gasteiger partial charge in [-0.25, -0.2) is 4.98 Å². The molecule has 2 nitrogen and oxygen atoms in total. The van der Waals surface area contributed by atoms with Crippen molar-refractivity contribution in [3.8, 4) is 0 Å². The minimum atomic E-state index is 0.663. The molecule has 0 unspecified atom stereocenters. The van der Waals surface area contributed by atoms with Crippen LogP contribution in [0, 0.1) is 13.8 Å². The van der Waals surface area contributed by atoms with Crippen LogP contribution in [0.4, 0.5) is 5.13 Å². The van der Waals surface area contributed by atoms with Gasteiger partial charge < -0.3 is 5.73 Å². The molecule has 0 spiro atoms. The Morgan fingerprint density at radius 3 is 2.60 bits per heavy atom. The fraction of sp³-hybridized carbons (Fsp3) is 0.250. The summed E-state index contributed by atoms with van der Waals surface area (Å²) in [5.41, 5.74) is 9.42. The van der Waals surface area contributed by atoms with Gasteiger partial charge in [0.05, 0.1) is 5.69 Å². The van der Waals surface area contributed by atoms with Crippen molar-refractivity contribution in [2.24, 2.45) is 0 Å². The van der Waals surface area contributed by atoms with E-state index in [9.17, 15) is 0 Å². The molecule has 1 aromatic carbocycles. The molecule has 1 aromatic heterocycles. The number of nitrogen functional groups attached to an aromatic ring is 1. The van der Waals surface area contributed by atoms with Crippen molar-refractivity contribution in [3.05, 3.63) is 46.0 Å². The summed E-state index contributed by atoms with van der Waals surface area (Å²) < 4.78 is 0. The molecule has 0 saturated heterocycles. The molecule has 78 valence electrons. The van der Waals surface area contributed by atoms with Crippen LogP contribution in [-0.2, 0) is 6.42 Å². The van der Waals surface area contributed by atoms with Gasteiger partial charge in [-0.2, -0.15) is 0 Å². The van der Waals surface area contributed by atoms with Crippen molar-refractivity contribution >= 4 is 16.5 Å². The van der Waals surface area contributed by atoms with Crippen LogP contribution in [0.1, 0.15) is 21.7 Å². The van der Waals surface area contributed by atoms with Gasteiger partial charge in [-0.3, -0.25) is 0 Å². The van der Waals surface area contributed by atoms with E-state index in [0.717, 1.165) is 12.1 Å². The largest absolute Gasteiger partial charge is 0.375 e. The zero-order chi connectivity index (χ0) is 10.8. The first-order valence-corrected chi connectivity index (χ1v) is 5.75. The van der Waals surface area contributed by atoms with E-state index >= 15 is 0 Å². The highest BCUT2D eigenvalue weighted by molar-refractivity contribution is 7.15. The SMILES string of the molecule is Cc1ccccc1Cc1nc(N)sc1C. The second kappa shape index (κ2) is 4.03. The third-order valence-electron chi connectivity index (χ3n) is 2.53. The molecular formula is C12H14N2S. The first-order valence-electron chi connectivity index (χ1n) is 4.93. The van der Waals surface area contributed by atoms with E-state index in [4.69, 9.17) is 5.73 Å². The molecule has 0 saturated carbocycles. The molecule has 0 fully saturated rings. The average Bonchev–Trinajstić information content (AvgIpc) is 2.49. The maximum absolute atomic E-state index is 5.68. The summed E-state index contributed by atoms with van der Waals surface area (Å²) in [6, 6.07) is 8.39. The fourth-order valence-corrected chi connectivity index (χ4v) is 2.31. The number of thiazole rings is 1. The molecule has 0 atom stereocenters. The summed E-state index contributed by atoms with van der Waals surface area (Å²) in [7, 11) is 0. The third kappa shape index (κ3) is 2.18. The Morgan fingerprint density at radius 2 is 2.00 bits per heavy atom. The van der Waals surface area contributed by atoms with Crippen LogP contribution in [0.15, 0.2) is 24.3 Å². The Bertz CT molecular complexity index is 474. The second-order valence-electron chi connectivity index (χ2n) is 3.66. The lowest BCUT2D eigenvalue weighted by atomic mass is 10.0. The maximum atomic E-state index is 5.68. The normalized spacial score (nSPS) is 10.5. The second-order valence-corrected chi connectivity index (χ2v) is 4.89. The zero-order valence-electron chi connectivity index (χ0n) is 8.95. The summed E-state index contributed by atoms with van der Waals surface area (Å²) in [6.07, 6.45) is 0.881. The first-order chi connectivity index (χ1) is 7.16. The lowest BCUT2D eigenvalue weighted by Crippen LogP contribution is -1.94. The molecule has 2 N–H and O–H groups in total. The smallest absolute Gasteiger partial charge is 0.180 e. The number of nitrogens with zero attached hydrogens (tertiary/aromatic N) is 1. The number of aryl methyl sites for hydroxylation is 2. The Kier molecular flexibility index (Phi) is 2.73. The average molecular weight is 218 g/mol. The van der Waals surface area contributed by atoms with Crippen LogP contribution in [-0.4, -0.2) is 4.98 Å². The zero-order valence-corrected chi connectivity index (χ0v) is 9.77. The van der Waals surface area contributed by atoms with Crippen LogP contribution in [0.5, 0.6) is 0 Å². The van der Waals surface area contributed by atoms with Crippen LogP contribution in [0.3, 0.4) is 0 Å². The van der Waals surface area contributed by atoms with Crippen molar-refractivity contribution in [2.45, 2.75) is 20.3 Å². The highest BCUT2D eigenvalue weighted by Crippen LogP contribution is 2.22. The predicted molar refractivity (Wildman–Crippen MR) is 65.2 cm³/mol. The van der Waals surface area contributed by atoms with Gasteiger partial charge in [-0.15, -0.1) is 11.3 Å². The van der Waals surface area contributed by atoms with Crippen molar-refractivity contribution < 1.29 is 0 Å². The Hall–Kier alpha value is -1.35. The van der Waals surface area contributed by atoms with E-state index in [1.165, 1.54) is 16.0 Å². The number of hydrogen-bond acceptors (Lipinski definition) is 3. The lowest BCUT2D eigenvalue weighted by molar-refractivity contribution is 1.07. The standard InChI is InChI=1S/C12H14N2S/c1-8-5-3-4-6-10(8)7-11-9(2)15-12(13)14-11/h3-6H,7H2,1-2H3,(H2,13,14). The van der Waals surface area contributed by atoms with Gasteiger partial charge in [0, 0.05) is 11.3 Å². The minimum Gasteiger partial charge on any atom is -0.375 e. The van der Waals surface area contributed by atoms with E-state index in [1.807, 2.05) is 0 Å². The van der Waals surface area contributed by atoms with Gasteiger partial charge in [0.25, 0.3) is 0 Å². The molecule has 0 radical (unpaired) electrons. The highest BCUT2D eigenvalue weighted by atomic mass is 32.1. The monoisotopic (exact) mass is 218 g/mol. The number of hydrogen-bond donors (Lipinski definition) is 1. The molecule has 0 aliphatic carbocycles. The van der Waals surface area contributed by atoms with Crippen molar-refractivity contribution in [2.75, 3.05) is 5.73 Å². The number of aromatic nitrogens is 1. The van der Waals surface area contributed by atoms with Crippen LogP contribution in [0.2, 0.25) is 0 Å². The molecule has 2 rings (SSSR count). The molecule has 1 heterocycles. The number of anilines is 1. The van der Waals surface area contributed by atoms with Gasteiger partial charge in [0.2, 0.25) is 0 Å². The Labute approximate surface area is 93.8 Å². The fourth-order valence-electron chi connectivity index (χ4n) is 1.60. The third-order valence-corrected chi connectivity index (χ3v) is 3.37. The first kappa shape index (κ1) is 10.2. The number of benzene rings is 1. The molecule has 15 heavy (non-hydrogen) atoms. The molecule has 0 aliphatic rings. The van der Waals surface area contributed by atoms with Crippen LogP contribution in [0.25, 0.3) is 0 Å². The van der Waals surface area contributed by atoms with Crippen molar-refractivity contribution in [1.82, 2.24) is 4.98 Å². The van der Waals surface area contributed by atoms with E-state index in [2.05, 4.69) is 43.1 Å². The molecule has 3 heteroatoms. The molecule has 0 amide bonds. The Balaban J connectivity index is 2.29. The van der Waals surface area contributed by atoms with Crippen molar-refractivity contribution in [1.29, 1.82) is 0 Å². The summed E-state index contributed by atoms with van der Waals surface area (Å²) in [5, 5.41) is 0.663. The van der Waals surface area contributed by atoms with Gasteiger partial charge >= 0.3 is 0 Å². The van der Waals surface area contributed by atoms with Gasteiger partial charge in [0.1, 0.15) is 0 Å². The van der Waals surface area contributed by atoms with E-state index < -0.39 is 0 Å². The topological polar surface area (TPSA) is 38.9 Å². The molecular weight excluding hydrogens is 204 g/mol. The lowest BCUT2D eigenvalue weighted by Gasteiger charge is -2.03. The van der Waals surface area contributed by atoms with Crippen molar-refractivity contribution in [3.63, 3.8) is 0 Å². The molecule has 0 aliphatic heterocycles. The van der Waals surface area contributed by atoms with Gasteiger partial charge in [-0.05, 0) is 25.0 Å². The quantitative estimate of drug-likeness (QED) is 0.841. The summed E-state index contributed by atoms with van der Waals surface area (Å²) in [4.78, 5) is 5.56. The van der Waals surface area contributed by atoms with Crippen LogP contribution < -0.4 is 5.73 Å². The van der Waals surface area contributed by atoms with Crippen LogP contribution >= 0.6 is 11.3 Å². The van der Waals surface area contributed by atoms with Gasteiger partial charge in [0.15, 0.2) is 5.13 Å². The van der Waals surface area contributed by atoms with Gasteiger partial charge in [-0.1, -0.05) is 24.3 Å². The molecule has 0 bridgehead atoms. The number of rotatable bonds is 2. The predicted octanol–water partition coefficient (Wildman–Crippen LogP) is 2.93. The summed E-state index contributed by atoms with van der Waals surface area (Å²) in [6.45, 7) is 4.20. The van der Waals surface area contributed by atoms with E-state index in [0.29, 0.717) is 5.13 Å². The van der Waals surface area contributed by atoms with E-state index in [1.54, 1.807) is 11.3 Å². The molecule has 2 aromatic rings. The Morgan fingerprint density at radius 1 is 1.27 bits per heavy atom. The highest BCUT2D eigenvalue weighted by Gasteiger charge is 2.07.